The number of pyridine rings is 1. The topological polar surface area (TPSA) is 105 Å². The molecule has 0 radical (unpaired) electrons. The number of carbonyl (C=O) groups is 2. The molecule has 0 aliphatic heterocycles. The summed E-state index contributed by atoms with van der Waals surface area (Å²) in [5.74, 6) is -1.27. The molecule has 3 rings (SSSR count). The van der Waals surface area contributed by atoms with Crippen molar-refractivity contribution in [3.8, 4) is 5.82 Å². The van der Waals surface area contributed by atoms with Crippen molar-refractivity contribution in [2.24, 2.45) is 0 Å². The third-order valence-corrected chi connectivity index (χ3v) is 4.53. The zero-order chi connectivity index (χ0) is 22.1. The molecule has 0 spiro atoms. The standard InChI is InChI=1S/C18H16BrF3N6O2/c1-9(2)15-12(16(29)26-27-17(30)13-5-11(19)7-23-13)8-25-28(15)14-4-3-10(6-24-14)18(20,21)22/h3-9,23H,1-2H3,(H,26,29)(H,27,30). The van der Waals surface area contributed by atoms with Crippen LogP contribution < -0.4 is 10.9 Å². The van der Waals surface area contributed by atoms with Gasteiger partial charge in [-0.15, -0.1) is 0 Å². The Bertz CT molecular complexity index is 1070. The fourth-order valence-corrected chi connectivity index (χ4v) is 3.04. The second kappa shape index (κ2) is 8.30. The van der Waals surface area contributed by atoms with Crippen LogP contribution in [0.4, 0.5) is 13.2 Å². The molecular weight excluding hydrogens is 469 g/mol. The van der Waals surface area contributed by atoms with Crippen molar-refractivity contribution < 1.29 is 22.8 Å². The lowest BCUT2D eigenvalue weighted by molar-refractivity contribution is -0.137. The van der Waals surface area contributed by atoms with Gasteiger partial charge in [0.2, 0.25) is 0 Å². The van der Waals surface area contributed by atoms with Crippen LogP contribution in [-0.4, -0.2) is 31.6 Å². The van der Waals surface area contributed by atoms with E-state index in [1.54, 1.807) is 20.0 Å². The molecule has 3 aromatic rings. The van der Waals surface area contributed by atoms with Gasteiger partial charge < -0.3 is 4.98 Å². The summed E-state index contributed by atoms with van der Waals surface area (Å²) >= 11 is 3.20. The van der Waals surface area contributed by atoms with Crippen LogP contribution in [0.25, 0.3) is 5.82 Å². The first kappa shape index (κ1) is 21.6. The lowest BCUT2D eigenvalue weighted by Crippen LogP contribution is -2.42. The number of aromatic nitrogens is 4. The van der Waals surface area contributed by atoms with Gasteiger partial charge in [0.1, 0.15) is 5.69 Å². The Morgan fingerprint density at radius 2 is 1.87 bits per heavy atom. The van der Waals surface area contributed by atoms with Crippen molar-refractivity contribution in [2.75, 3.05) is 0 Å². The average molecular weight is 485 g/mol. The second-order valence-corrected chi connectivity index (χ2v) is 7.47. The number of alkyl halides is 3. The van der Waals surface area contributed by atoms with Gasteiger partial charge >= 0.3 is 6.18 Å². The van der Waals surface area contributed by atoms with Gasteiger partial charge in [-0.25, -0.2) is 9.67 Å². The Morgan fingerprint density at radius 3 is 2.40 bits per heavy atom. The van der Waals surface area contributed by atoms with Crippen molar-refractivity contribution in [1.82, 2.24) is 30.6 Å². The molecule has 0 fully saturated rings. The zero-order valence-electron chi connectivity index (χ0n) is 15.7. The molecule has 0 saturated heterocycles. The molecule has 12 heteroatoms. The summed E-state index contributed by atoms with van der Waals surface area (Å²) in [5, 5.41) is 4.10. The molecule has 0 saturated carbocycles. The molecule has 0 unspecified atom stereocenters. The molecule has 0 aromatic carbocycles. The highest BCUT2D eigenvalue weighted by molar-refractivity contribution is 9.10. The van der Waals surface area contributed by atoms with Gasteiger partial charge in [0, 0.05) is 16.9 Å². The highest BCUT2D eigenvalue weighted by atomic mass is 79.9. The molecule has 3 aromatic heterocycles. The first-order valence-electron chi connectivity index (χ1n) is 8.64. The summed E-state index contributed by atoms with van der Waals surface area (Å²) in [7, 11) is 0. The van der Waals surface area contributed by atoms with E-state index in [1.165, 1.54) is 23.0 Å². The van der Waals surface area contributed by atoms with E-state index in [0.717, 1.165) is 6.07 Å². The van der Waals surface area contributed by atoms with Crippen molar-refractivity contribution in [3.05, 3.63) is 63.8 Å². The number of aromatic amines is 1. The summed E-state index contributed by atoms with van der Waals surface area (Å²) in [6.45, 7) is 3.59. The van der Waals surface area contributed by atoms with Gasteiger partial charge in [-0.05, 0) is 40.0 Å². The number of H-pyrrole nitrogens is 1. The first-order valence-corrected chi connectivity index (χ1v) is 9.43. The monoisotopic (exact) mass is 484 g/mol. The normalized spacial score (nSPS) is 11.6. The van der Waals surface area contributed by atoms with Gasteiger partial charge in [0.05, 0.1) is 23.0 Å². The molecule has 0 bridgehead atoms. The molecule has 8 nitrogen and oxygen atoms in total. The smallest absolute Gasteiger partial charge is 0.356 e. The van der Waals surface area contributed by atoms with Gasteiger partial charge in [-0.3, -0.25) is 20.4 Å². The number of carbonyl (C=O) groups excluding carboxylic acids is 2. The van der Waals surface area contributed by atoms with Crippen LogP contribution in [0.1, 0.15) is 51.9 Å². The minimum Gasteiger partial charge on any atom is -0.356 e. The predicted octanol–water partition coefficient (Wildman–Crippen LogP) is 3.57. The van der Waals surface area contributed by atoms with Gasteiger partial charge in [0.25, 0.3) is 11.8 Å². The molecule has 3 N–H and O–H groups in total. The maximum absolute atomic E-state index is 12.8. The molecule has 0 atom stereocenters. The molecule has 3 heterocycles. The van der Waals surface area contributed by atoms with Crippen molar-refractivity contribution in [1.29, 1.82) is 0 Å². The van der Waals surface area contributed by atoms with E-state index in [4.69, 9.17) is 0 Å². The SMILES string of the molecule is CC(C)c1c(C(=O)NNC(=O)c2cc(Br)c[nH]2)cnn1-c1ccc(C(F)(F)F)cn1. The number of hydrazine groups is 1. The Morgan fingerprint density at radius 1 is 1.17 bits per heavy atom. The number of rotatable bonds is 4. The van der Waals surface area contributed by atoms with Crippen LogP contribution in [0, 0.1) is 0 Å². The van der Waals surface area contributed by atoms with E-state index in [9.17, 15) is 22.8 Å². The third kappa shape index (κ3) is 4.53. The molecule has 0 aliphatic rings. The molecule has 158 valence electrons. The zero-order valence-corrected chi connectivity index (χ0v) is 17.3. The van der Waals surface area contributed by atoms with Crippen molar-refractivity contribution >= 4 is 27.7 Å². The quantitative estimate of drug-likeness (QED) is 0.492. The number of amides is 2. The van der Waals surface area contributed by atoms with Crippen LogP contribution in [0.3, 0.4) is 0 Å². The molecule has 0 aliphatic carbocycles. The Hall–Kier alpha value is -3.15. The van der Waals surface area contributed by atoms with E-state index in [-0.39, 0.29) is 23.0 Å². The fraction of sp³-hybridized carbons (Fsp3) is 0.222. The summed E-state index contributed by atoms with van der Waals surface area (Å²) in [5.41, 5.74) is 4.51. The van der Waals surface area contributed by atoms with Crippen molar-refractivity contribution in [2.45, 2.75) is 25.9 Å². The first-order chi connectivity index (χ1) is 14.1. The Kier molecular flexibility index (Phi) is 5.97. The number of nitrogens with one attached hydrogen (secondary N) is 3. The largest absolute Gasteiger partial charge is 0.417 e. The summed E-state index contributed by atoms with van der Waals surface area (Å²) in [4.78, 5) is 31.2. The average Bonchev–Trinajstić information content (AvgIpc) is 3.32. The van der Waals surface area contributed by atoms with Crippen LogP contribution >= 0.6 is 15.9 Å². The summed E-state index contributed by atoms with van der Waals surface area (Å²) < 4.78 is 40.2. The van der Waals surface area contributed by atoms with Gasteiger partial charge in [-0.1, -0.05) is 13.8 Å². The highest BCUT2D eigenvalue weighted by Gasteiger charge is 2.31. The Labute approximate surface area is 177 Å². The van der Waals surface area contributed by atoms with E-state index < -0.39 is 23.6 Å². The summed E-state index contributed by atoms with van der Waals surface area (Å²) in [6.07, 6.45) is -0.972. The summed E-state index contributed by atoms with van der Waals surface area (Å²) in [6, 6.07) is 3.60. The lowest BCUT2D eigenvalue weighted by atomic mass is 10.1. The number of nitrogens with zero attached hydrogens (tertiary/aromatic N) is 3. The highest BCUT2D eigenvalue weighted by Crippen LogP contribution is 2.29. The number of halogens is 4. The minimum absolute atomic E-state index is 0.131. The minimum atomic E-state index is -4.51. The van der Waals surface area contributed by atoms with E-state index >= 15 is 0 Å². The van der Waals surface area contributed by atoms with E-state index in [0.29, 0.717) is 16.4 Å². The van der Waals surface area contributed by atoms with E-state index in [1.807, 2.05) is 0 Å². The van der Waals surface area contributed by atoms with Gasteiger partial charge in [0.15, 0.2) is 5.82 Å². The van der Waals surface area contributed by atoms with Crippen molar-refractivity contribution in [3.63, 3.8) is 0 Å². The molecular formula is C18H16BrF3N6O2. The van der Waals surface area contributed by atoms with Crippen LogP contribution in [-0.2, 0) is 6.18 Å². The molecule has 2 amide bonds. The van der Waals surface area contributed by atoms with Gasteiger partial charge in [-0.2, -0.15) is 18.3 Å². The third-order valence-electron chi connectivity index (χ3n) is 4.07. The predicted molar refractivity (Wildman–Crippen MR) is 104 cm³/mol. The second-order valence-electron chi connectivity index (χ2n) is 6.55. The fourth-order valence-electron chi connectivity index (χ4n) is 2.70. The molecule has 30 heavy (non-hydrogen) atoms. The Balaban J connectivity index is 1.81. The number of hydrogen-bond acceptors (Lipinski definition) is 4. The number of hydrogen-bond donors (Lipinski definition) is 3. The lowest BCUT2D eigenvalue weighted by Gasteiger charge is -2.13. The van der Waals surface area contributed by atoms with E-state index in [2.05, 4.69) is 41.8 Å². The van der Waals surface area contributed by atoms with Crippen LogP contribution in [0.15, 0.2) is 41.3 Å². The maximum atomic E-state index is 12.8. The van der Waals surface area contributed by atoms with Crippen LogP contribution in [0.5, 0.6) is 0 Å². The maximum Gasteiger partial charge on any atom is 0.417 e. The van der Waals surface area contributed by atoms with Crippen LogP contribution in [0.2, 0.25) is 0 Å².